The molecule has 0 unspecified atom stereocenters. The van der Waals surface area contributed by atoms with Crippen LogP contribution >= 0.6 is 0 Å². The molecule has 3 rings (SSSR count). The molecule has 1 aromatic carbocycles. The lowest BCUT2D eigenvalue weighted by Gasteiger charge is -2.33. The molecule has 2 saturated heterocycles. The fourth-order valence-corrected chi connectivity index (χ4v) is 3.48. The molecule has 0 saturated carbocycles. The number of benzene rings is 1. The Kier molecular flexibility index (Phi) is 4.94. The SMILES string of the molecule is O=C1CC[C@@H](C(=O)N2CCCC2)CN1CCc1cccc(F)c1. The van der Waals surface area contributed by atoms with Gasteiger partial charge in [0.1, 0.15) is 5.82 Å². The molecule has 0 aliphatic carbocycles. The van der Waals surface area contributed by atoms with Crippen LogP contribution in [-0.4, -0.2) is 47.8 Å². The number of halogens is 1. The first-order chi connectivity index (χ1) is 11.1. The van der Waals surface area contributed by atoms with Crippen molar-refractivity contribution in [3.05, 3.63) is 35.6 Å². The normalized spacial score (nSPS) is 21.8. The van der Waals surface area contributed by atoms with Crippen molar-refractivity contribution in [2.24, 2.45) is 5.92 Å². The predicted octanol–water partition coefficient (Wildman–Crippen LogP) is 2.23. The first kappa shape index (κ1) is 16.0. The van der Waals surface area contributed by atoms with E-state index in [0.29, 0.717) is 32.4 Å². The number of rotatable bonds is 4. The van der Waals surface area contributed by atoms with Gasteiger partial charge in [0.2, 0.25) is 11.8 Å². The Balaban J connectivity index is 1.57. The number of likely N-dealkylation sites (tertiary alicyclic amines) is 2. The van der Waals surface area contributed by atoms with E-state index in [1.807, 2.05) is 11.0 Å². The highest BCUT2D eigenvalue weighted by molar-refractivity contribution is 5.84. The van der Waals surface area contributed by atoms with Gasteiger partial charge in [0.25, 0.3) is 0 Å². The second-order valence-corrected chi connectivity index (χ2v) is 6.49. The van der Waals surface area contributed by atoms with Gasteiger partial charge in [0, 0.05) is 32.6 Å². The predicted molar refractivity (Wildman–Crippen MR) is 85.2 cm³/mol. The van der Waals surface area contributed by atoms with Crippen LogP contribution in [0.5, 0.6) is 0 Å². The average molecular weight is 318 g/mol. The van der Waals surface area contributed by atoms with Crippen LogP contribution in [0, 0.1) is 11.7 Å². The second kappa shape index (κ2) is 7.11. The van der Waals surface area contributed by atoms with Gasteiger partial charge in [-0.3, -0.25) is 9.59 Å². The molecular weight excluding hydrogens is 295 g/mol. The topological polar surface area (TPSA) is 40.6 Å². The zero-order valence-electron chi connectivity index (χ0n) is 13.3. The molecule has 0 spiro atoms. The second-order valence-electron chi connectivity index (χ2n) is 6.49. The van der Waals surface area contributed by atoms with Crippen molar-refractivity contribution in [1.29, 1.82) is 0 Å². The summed E-state index contributed by atoms with van der Waals surface area (Å²) in [5, 5.41) is 0. The van der Waals surface area contributed by atoms with E-state index in [2.05, 4.69) is 0 Å². The van der Waals surface area contributed by atoms with Crippen molar-refractivity contribution in [2.75, 3.05) is 26.2 Å². The highest BCUT2D eigenvalue weighted by Gasteiger charge is 2.33. The van der Waals surface area contributed by atoms with Gasteiger partial charge >= 0.3 is 0 Å². The maximum absolute atomic E-state index is 13.2. The molecule has 124 valence electrons. The number of carbonyl (C=O) groups is 2. The van der Waals surface area contributed by atoms with Crippen LogP contribution < -0.4 is 0 Å². The Bertz CT molecular complexity index is 584. The summed E-state index contributed by atoms with van der Waals surface area (Å²) in [5.74, 6) is -0.0227. The highest BCUT2D eigenvalue weighted by Crippen LogP contribution is 2.22. The van der Waals surface area contributed by atoms with Crippen molar-refractivity contribution in [3.63, 3.8) is 0 Å². The molecule has 23 heavy (non-hydrogen) atoms. The average Bonchev–Trinajstić information content (AvgIpc) is 3.08. The van der Waals surface area contributed by atoms with Crippen molar-refractivity contribution >= 4 is 11.8 Å². The minimum Gasteiger partial charge on any atom is -0.342 e. The molecule has 0 aromatic heterocycles. The van der Waals surface area contributed by atoms with Crippen LogP contribution in [0.2, 0.25) is 0 Å². The lowest BCUT2D eigenvalue weighted by atomic mass is 9.95. The summed E-state index contributed by atoms with van der Waals surface area (Å²) in [6.07, 6.45) is 3.88. The number of carbonyl (C=O) groups excluding carboxylic acids is 2. The van der Waals surface area contributed by atoms with Crippen LogP contribution in [-0.2, 0) is 16.0 Å². The van der Waals surface area contributed by atoms with Crippen LogP contribution in [0.15, 0.2) is 24.3 Å². The summed E-state index contributed by atoms with van der Waals surface area (Å²) in [6, 6.07) is 6.47. The maximum Gasteiger partial charge on any atom is 0.227 e. The Labute approximate surface area is 136 Å². The van der Waals surface area contributed by atoms with Gasteiger partial charge in [-0.25, -0.2) is 4.39 Å². The molecule has 4 nitrogen and oxygen atoms in total. The number of amides is 2. The van der Waals surface area contributed by atoms with Gasteiger partial charge in [-0.2, -0.15) is 0 Å². The number of nitrogens with zero attached hydrogens (tertiary/aromatic N) is 2. The zero-order chi connectivity index (χ0) is 16.2. The zero-order valence-corrected chi connectivity index (χ0v) is 13.3. The van der Waals surface area contributed by atoms with Crippen LogP contribution in [0.25, 0.3) is 0 Å². The lowest BCUT2D eigenvalue weighted by molar-refractivity contribution is -0.142. The quantitative estimate of drug-likeness (QED) is 0.854. The molecule has 0 bridgehead atoms. The minimum absolute atomic E-state index is 0.0710. The van der Waals surface area contributed by atoms with Gasteiger partial charge in [0.15, 0.2) is 0 Å². The maximum atomic E-state index is 13.2. The summed E-state index contributed by atoms with van der Waals surface area (Å²) in [6.45, 7) is 2.76. The Morgan fingerprint density at radius 3 is 2.78 bits per heavy atom. The third kappa shape index (κ3) is 3.89. The molecule has 2 amide bonds. The highest BCUT2D eigenvalue weighted by atomic mass is 19.1. The molecule has 1 aromatic rings. The number of hydrogen-bond acceptors (Lipinski definition) is 2. The molecule has 0 N–H and O–H groups in total. The Hall–Kier alpha value is -1.91. The van der Waals surface area contributed by atoms with Crippen molar-refractivity contribution < 1.29 is 14.0 Å². The molecule has 2 aliphatic heterocycles. The molecule has 5 heteroatoms. The van der Waals surface area contributed by atoms with Crippen LogP contribution in [0.1, 0.15) is 31.2 Å². The third-order valence-electron chi connectivity index (χ3n) is 4.83. The monoisotopic (exact) mass is 318 g/mol. The Morgan fingerprint density at radius 2 is 2.04 bits per heavy atom. The first-order valence-corrected chi connectivity index (χ1v) is 8.44. The fourth-order valence-electron chi connectivity index (χ4n) is 3.48. The van der Waals surface area contributed by atoms with E-state index in [9.17, 15) is 14.0 Å². The summed E-state index contributed by atoms with van der Waals surface area (Å²) >= 11 is 0. The third-order valence-corrected chi connectivity index (χ3v) is 4.83. The largest absolute Gasteiger partial charge is 0.342 e. The Morgan fingerprint density at radius 1 is 1.26 bits per heavy atom. The van der Waals surface area contributed by atoms with E-state index in [4.69, 9.17) is 0 Å². The van der Waals surface area contributed by atoms with Gasteiger partial charge in [-0.15, -0.1) is 0 Å². The van der Waals surface area contributed by atoms with E-state index in [0.717, 1.165) is 31.5 Å². The van der Waals surface area contributed by atoms with Gasteiger partial charge in [-0.1, -0.05) is 12.1 Å². The van der Waals surface area contributed by atoms with Crippen molar-refractivity contribution in [1.82, 2.24) is 9.80 Å². The molecule has 2 aliphatic rings. The lowest BCUT2D eigenvalue weighted by Crippen LogP contribution is -2.47. The summed E-state index contributed by atoms with van der Waals surface area (Å²) in [5.41, 5.74) is 0.880. The van der Waals surface area contributed by atoms with Crippen molar-refractivity contribution in [3.8, 4) is 0 Å². The fraction of sp³-hybridized carbons (Fsp3) is 0.556. The van der Waals surface area contributed by atoms with E-state index >= 15 is 0 Å². The molecule has 1 atom stereocenters. The summed E-state index contributed by atoms with van der Waals surface area (Å²) in [7, 11) is 0. The summed E-state index contributed by atoms with van der Waals surface area (Å²) in [4.78, 5) is 28.3. The number of hydrogen-bond donors (Lipinski definition) is 0. The van der Waals surface area contributed by atoms with E-state index in [-0.39, 0.29) is 23.5 Å². The van der Waals surface area contributed by atoms with E-state index in [1.165, 1.54) is 12.1 Å². The van der Waals surface area contributed by atoms with Gasteiger partial charge < -0.3 is 9.80 Å². The molecular formula is C18H23FN2O2. The van der Waals surface area contributed by atoms with Crippen LogP contribution in [0.4, 0.5) is 4.39 Å². The van der Waals surface area contributed by atoms with E-state index in [1.54, 1.807) is 11.0 Å². The van der Waals surface area contributed by atoms with E-state index < -0.39 is 0 Å². The standard InChI is InChI=1S/C18H23FN2O2/c19-16-5-3-4-14(12-16)8-11-21-13-15(6-7-17(21)22)18(23)20-9-1-2-10-20/h3-5,12,15H,1-2,6-11,13H2/t15-/m1/s1. The smallest absolute Gasteiger partial charge is 0.227 e. The van der Waals surface area contributed by atoms with Crippen LogP contribution in [0.3, 0.4) is 0 Å². The summed E-state index contributed by atoms with van der Waals surface area (Å²) < 4.78 is 13.2. The number of piperidine rings is 1. The minimum atomic E-state index is -0.255. The van der Waals surface area contributed by atoms with Crippen molar-refractivity contribution in [2.45, 2.75) is 32.1 Å². The molecule has 2 heterocycles. The molecule has 2 fully saturated rings. The van der Waals surface area contributed by atoms with Gasteiger partial charge in [-0.05, 0) is 43.4 Å². The molecule has 0 radical (unpaired) electrons. The first-order valence-electron chi connectivity index (χ1n) is 8.44. The van der Waals surface area contributed by atoms with Gasteiger partial charge in [0.05, 0.1) is 5.92 Å².